The molecule has 272 valence electrons. The summed E-state index contributed by atoms with van der Waals surface area (Å²) in [5.41, 5.74) is 9.34. The first-order chi connectivity index (χ1) is 24.1. The lowest BCUT2D eigenvalue weighted by Crippen LogP contribution is -2.45. The van der Waals surface area contributed by atoms with Crippen LogP contribution in [0, 0.1) is 0 Å². The maximum atomic E-state index is 11.1. The number of unbranched alkanes of at least 4 members (excludes halogenated alkanes) is 4. The van der Waals surface area contributed by atoms with Crippen LogP contribution >= 0.6 is 11.6 Å². The Balaban J connectivity index is 1.46. The highest BCUT2D eigenvalue weighted by Crippen LogP contribution is 2.48. The fourth-order valence-corrected chi connectivity index (χ4v) is 8.39. The number of carboxylic acids is 2. The first-order valence-corrected chi connectivity index (χ1v) is 18.9. The molecule has 0 aliphatic carbocycles. The van der Waals surface area contributed by atoms with Crippen LogP contribution in [-0.4, -0.2) is 77.2 Å². The molecule has 51 heavy (non-hydrogen) atoms. The van der Waals surface area contributed by atoms with Crippen molar-refractivity contribution in [1.29, 1.82) is 0 Å². The van der Waals surface area contributed by atoms with Crippen LogP contribution in [0.3, 0.4) is 0 Å². The number of likely N-dealkylation sites (N-methyl/N-ethyl adjacent to an activating group) is 1. The van der Waals surface area contributed by atoms with Crippen molar-refractivity contribution >= 4 is 40.6 Å². The second kappa shape index (κ2) is 15.7. The molecule has 0 fully saturated rings. The fraction of sp³-hybridized carbons (Fsp3) is 0.465. The van der Waals surface area contributed by atoms with E-state index in [0.29, 0.717) is 12.8 Å². The average Bonchev–Trinajstić information content (AvgIpc) is 3.42. The number of hydrogen-bond donors (Lipinski definition) is 2. The van der Waals surface area contributed by atoms with Gasteiger partial charge in [-0.25, -0.2) is 0 Å². The maximum absolute atomic E-state index is 11.1. The second-order valence-electron chi connectivity index (χ2n) is 16.0. The van der Waals surface area contributed by atoms with E-state index in [-0.39, 0.29) is 23.7 Å². The van der Waals surface area contributed by atoms with Gasteiger partial charge in [0.05, 0.1) is 24.5 Å². The molecule has 0 spiro atoms. The highest BCUT2D eigenvalue weighted by molar-refractivity contribution is 6.32. The molecule has 3 aliphatic heterocycles. The van der Waals surface area contributed by atoms with Gasteiger partial charge in [0, 0.05) is 71.5 Å². The van der Waals surface area contributed by atoms with Crippen LogP contribution < -0.4 is 4.90 Å². The number of quaternary nitrogens is 1. The molecule has 0 amide bonds. The van der Waals surface area contributed by atoms with Gasteiger partial charge < -0.3 is 19.6 Å². The normalized spacial score (nSPS) is 20.5. The molecule has 2 N–H and O–H groups in total. The number of hydrogen-bond acceptors (Lipinski definition) is 3. The average molecular weight is 714 g/mol. The largest absolute Gasteiger partial charge is 0.481 e. The molecule has 0 saturated heterocycles. The molecule has 8 heteroatoms. The zero-order chi connectivity index (χ0) is 37.0. The molecular formula is C43H56ClN3O4+2. The quantitative estimate of drug-likeness (QED) is 0.109. The van der Waals surface area contributed by atoms with Crippen LogP contribution in [0.2, 0.25) is 0 Å². The first kappa shape index (κ1) is 38.3. The van der Waals surface area contributed by atoms with Gasteiger partial charge in [-0.05, 0) is 63.3 Å². The highest BCUT2D eigenvalue weighted by Gasteiger charge is 2.44. The van der Waals surface area contributed by atoms with Crippen LogP contribution in [0.15, 0.2) is 94.7 Å². The Morgan fingerprint density at radius 1 is 0.804 bits per heavy atom. The van der Waals surface area contributed by atoms with Crippen LogP contribution in [-0.2, 0) is 20.4 Å². The number of para-hydroxylation sites is 2. The zero-order valence-corrected chi connectivity index (χ0v) is 32.1. The Morgan fingerprint density at radius 2 is 1.43 bits per heavy atom. The van der Waals surface area contributed by atoms with Gasteiger partial charge in [-0.15, -0.1) is 0 Å². The Hall–Kier alpha value is -3.94. The number of halogens is 1. The van der Waals surface area contributed by atoms with E-state index in [2.05, 4.69) is 124 Å². The van der Waals surface area contributed by atoms with E-state index in [0.717, 1.165) is 72.5 Å². The van der Waals surface area contributed by atoms with Crippen molar-refractivity contribution in [1.82, 2.24) is 0 Å². The number of fused-ring (bicyclic) bond motifs is 2. The third-order valence-electron chi connectivity index (χ3n) is 10.8. The van der Waals surface area contributed by atoms with Crippen molar-refractivity contribution < 1.29 is 28.9 Å². The van der Waals surface area contributed by atoms with Gasteiger partial charge in [0.2, 0.25) is 5.69 Å². The lowest BCUT2D eigenvalue weighted by atomic mass is 9.81. The molecule has 0 aromatic heterocycles. The predicted molar refractivity (Wildman–Crippen MR) is 208 cm³/mol. The SMILES string of the molecule is CC1(C)C(=C/C=C2\C[N+](C)(C)CC(/C=C/C3=[N+](CCCCCC(=O)O)c4ccccc4C3(C)C)=C2Cl)N(CCCCCC(=O)O)c2ccccc21. The molecule has 0 unspecified atom stereocenters. The minimum Gasteiger partial charge on any atom is -0.481 e. The van der Waals surface area contributed by atoms with Gasteiger partial charge in [0.25, 0.3) is 0 Å². The summed E-state index contributed by atoms with van der Waals surface area (Å²) >= 11 is 7.32. The predicted octanol–water partition coefficient (Wildman–Crippen LogP) is 9.10. The zero-order valence-electron chi connectivity index (χ0n) is 31.3. The van der Waals surface area contributed by atoms with E-state index in [1.54, 1.807) is 0 Å². The highest BCUT2D eigenvalue weighted by atomic mass is 35.5. The standard InChI is InChI=1S/C43H54ClN3O4/c1-42(2)33-17-11-13-19-35(33)45(27-15-7-9-21-39(48)49)37(42)25-23-31-29-47(5,6)30-32(41(31)44)24-26-38-43(3,4)34-18-12-14-20-36(34)46(38)28-16-8-10-22-40(50)51/h11-14,17-20,23-26H,7-10,15-16,21-22,27-30H2,1-6H3/p+2. The Kier molecular flexibility index (Phi) is 11.8. The second-order valence-corrected chi connectivity index (χ2v) is 16.4. The number of aliphatic carboxylic acids is 2. The molecule has 2 aromatic carbocycles. The van der Waals surface area contributed by atoms with E-state index >= 15 is 0 Å². The molecule has 3 aliphatic rings. The molecule has 5 rings (SSSR count). The van der Waals surface area contributed by atoms with E-state index in [4.69, 9.17) is 21.8 Å². The first-order valence-electron chi connectivity index (χ1n) is 18.5. The Bertz CT molecular complexity index is 1810. The van der Waals surface area contributed by atoms with Gasteiger partial charge in [-0.2, -0.15) is 4.58 Å². The van der Waals surface area contributed by atoms with Gasteiger partial charge in [0.1, 0.15) is 19.6 Å². The van der Waals surface area contributed by atoms with E-state index in [1.165, 1.54) is 33.9 Å². The van der Waals surface area contributed by atoms with Gasteiger partial charge in [-0.1, -0.05) is 74.3 Å². The number of allylic oxidation sites excluding steroid dienone is 4. The van der Waals surface area contributed by atoms with Crippen LogP contribution in [0.1, 0.15) is 90.2 Å². The summed E-state index contributed by atoms with van der Waals surface area (Å²) in [6.45, 7) is 12.4. The van der Waals surface area contributed by atoms with Crippen molar-refractivity contribution in [3.05, 3.63) is 106 Å². The number of benzene rings is 2. The van der Waals surface area contributed by atoms with Crippen molar-refractivity contribution in [2.45, 2.75) is 89.9 Å². The summed E-state index contributed by atoms with van der Waals surface area (Å²) in [6.07, 6.45) is 14.4. The molecule has 0 bridgehead atoms. The third-order valence-corrected chi connectivity index (χ3v) is 11.3. The number of carbonyl (C=O) groups is 2. The summed E-state index contributed by atoms with van der Waals surface area (Å²) in [5, 5.41) is 19.0. The lowest BCUT2D eigenvalue weighted by molar-refractivity contribution is -0.881. The molecule has 7 nitrogen and oxygen atoms in total. The number of carboxylic acid groups (broad SMARTS) is 2. The summed E-state index contributed by atoms with van der Waals surface area (Å²) in [6, 6.07) is 17.2. The molecule has 0 saturated carbocycles. The minimum atomic E-state index is -0.735. The summed E-state index contributed by atoms with van der Waals surface area (Å²) in [4.78, 5) is 24.5. The van der Waals surface area contributed by atoms with E-state index in [9.17, 15) is 9.59 Å². The molecule has 2 aromatic rings. The maximum Gasteiger partial charge on any atom is 0.303 e. The van der Waals surface area contributed by atoms with Crippen LogP contribution in [0.5, 0.6) is 0 Å². The number of anilines is 1. The third kappa shape index (κ3) is 8.58. The Labute approximate surface area is 309 Å². The summed E-state index contributed by atoms with van der Waals surface area (Å²) in [7, 11) is 4.51. The number of nitrogens with zero attached hydrogens (tertiary/aromatic N) is 3. The van der Waals surface area contributed by atoms with Crippen molar-refractivity contribution in [2.75, 3.05) is 45.2 Å². The smallest absolute Gasteiger partial charge is 0.303 e. The molecule has 3 heterocycles. The van der Waals surface area contributed by atoms with Crippen molar-refractivity contribution in [3.63, 3.8) is 0 Å². The molecule has 0 atom stereocenters. The van der Waals surface area contributed by atoms with Crippen LogP contribution in [0.4, 0.5) is 11.4 Å². The Morgan fingerprint density at radius 3 is 2.12 bits per heavy atom. The van der Waals surface area contributed by atoms with E-state index < -0.39 is 11.9 Å². The van der Waals surface area contributed by atoms with Crippen molar-refractivity contribution in [2.24, 2.45) is 0 Å². The summed E-state index contributed by atoms with van der Waals surface area (Å²) < 4.78 is 3.20. The molecular weight excluding hydrogens is 658 g/mol. The monoisotopic (exact) mass is 713 g/mol. The minimum absolute atomic E-state index is 0.191. The van der Waals surface area contributed by atoms with Gasteiger partial charge in [0.15, 0.2) is 5.71 Å². The number of rotatable bonds is 15. The lowest BCUT2D eigenvalue weighted by Gasteiger charge is -2.35. The van der Waals surface area contributed by atoms with Gasteiger partial charge >= 0.3 is 11.9 Å². The van der Waals surface area contributed by atoms with Crippen molar-refractivity contribution in [3.8, 4) is 0 Å². The van der Waals surface area contributed by atoms with Crippen LogP contribution in [0.25, 0.3) is 0 Å². The topological polar surface area (TPSA) is 80.9 Å². The van der Waals surface area contributed by atoms with Gasteiger partial charge in [-0.3, -0.25) is 9.59 Å². The van der Waals surface area contributed by atoms with E-state index in [1.807, 2.05) is 0 Å². The fourth-order valence-electron chi connectivity index (χ4n) is 8.14. The summed E-state index contributed by atoms with van der Waals surface area (Å²) in [5.74, 6) is -1.47. The molecule has 0 radical (unpaired) electrons.